The minimum absolute atomic E-state index is 0.214. The second kappa shape index (κ2) is 7.79. The molecule has 1 unspecified atom stereocenters. The molecule has 2 rings (SSSR count). The van der Waals surface area contributed by atoms with E-state index >= 15 is 0 Å². The van der Waals surface area contributed by atoms with Crippen LogP contribution in [-0.2, 0) is 0 Å². The van der Waals surface area contributed by atoms with Gasteiger partial charge in [0.25, 0.3) is 0 Å². The van der Waals surface area contributed by atoms with Crippen molar-refractivity contribution in [2.45, 2.75) is 17.9 Å². The first-order valence-electron chi connectivity index (χ1n) is 6.98. The Hall–Kier alpha value is -1.87. The Morgan fingerprint density at radius 3 is 2.81 bits per heavy atom. The molecular formula is C18H21NOS. The van der Waals surface area contributed by atoms with Crippen LogP contribution in [0.2, 0.25) is 0 Å². The summed E-state index contributed by atoms with van der Waals surface area (Å²) in [5.41, 5.74) is 2.36. The molecule has 0 aliphatic carbocycles. The highest BCUT2D eigenvalue weighted by Gasteiger charge is 2.09. The minimum atomic E-state index is 0.214. The van der Waals surface area contributed by atoms with Crippen LogP contribution in [0.25, 0.3) is 0 Å². The lowest BCUT2D eigenvalue weighted by Crippen LogP contribution is -2.07. The highest BCUT2D eigenvalue weighted by Crippen LogP contribution is 2.30. The average Bonchev–Trinajstić information content (AvgIpc) is 2.54. The number of rotatable bonds is 7. The second-order valence-electron chi connectivity index (χ2n) is 4.74. The number of benzene rings is 2. The molecule has 1 N–H and O–H groups in total. The third-order valence-corrected chi connectivity index (χ3v) is 4.28. The van der Waals surface area contributed by atoms with Gasteiger partial charge < -0.3 is 10.1 Å². The Labute approximate surface area is 131 Å². The molecule has 0 heterocycles. The van der Waals surface area contributed by atoms with Gasteiger partial charge in [0.1, 0.15) is 5.75 Å². The molecule has 21 heavy (non-hydrogen) atoms. The van der Waals surface area contributed by atoms with Gasteiger partial charge in [-0.05, 0) is 36.8 Å². The predicted octanol–water partition coefficient (Wildman–Crippen LogP) is 5.15. The van der Waals surface area contributed by atoms with Gasteiger partial charge in [0, 0.05) is 22.4 Å². The van der Waals surface area contributed by atoms with Gasteiger partial charge in [-0.1, -0.05) is 30.3 Å². The van der Waals surface area contributed by atoms with Gasteiger partial charge in [-0.15, -0.1) is 18.3 Å². The minimum Gasteiger partial charge on any atom is -0.497 e. The number of hydrogen-bond donors (Lipinski definition) is 1. The lowest BCUT2D eigenvalue weighted by molar-refractivity contribution is 0.414. The third kappa shape index (κ3) is 4.30. The molecule has 0 saturated heterocycles. The van der Waals surface area contributed by atoms with Crippen LogP contribution in [0.4, 0.5) is 5.69 Å². The SMILES string of the molecule is C=CCSc1ccccc1NC(C)c1cccc(OC)c1. The normalized spacial score (nSPS) is 11.7. The number of methoxy groups -OCH3 is 1. The Morgan fingerprint density at radius 1 is 1.24 bits per heavy atom. The Balaban J connectivity index is 2.14. The van der Waals surface area contributed by atoms with E-state index in [1.54, 1.807) is 18.9 Å². The first kappa shape index (κ1) is 15.5. The fraction of sp³-hybridized carbons (Fsp3) is 0.222. The summed E-state index contributed by atoms with van der Waals surface area (Å²) in [6.07, 6.45) is 1.92. The summed E-state index contributed by atoms with van der Waals surface area (Å²) >= 11 is 1.79. The maximum Gasteiger partial charge on any atom is 0.119 e. The van der Waals surface area contributed by atoms with Crippen molar-refractivity contribution in [3.63, 3.8) is 0 Å². The monoisotopic (exact) mass is 299 g/mol. The molecule has 0 aliphatic rings. The van der Waals surface area contributed by atoms with E-state index < -0.39 is 0 Å². The third-order valence-electron chi connectivity index (χ3n) is 3.21. The summed E-state index contributed by atoms with van der Waals surface area (Å²) in [6, 6.07) is 16.7. The van der Waals surface area contributed by atoms with E-state index in [1.807, 2.05) is 18.2 Å². The van der Waals surface area contributed by atoms with Crippen molar-refractivity contribution in [1.29, 1.82) is 0 Å². The summed E-state index contributed by atoms with van der Waals surface area (Å²) in [5, 5.41) is 3.58. The zero-order chi connectivity index (χ0) is 15.1. The van der Waals surface area contributed by atoms with Crippen molar-refractivity contribution in [2.24, 2.45) is 0 Å². The number of thioether (sulfide) groups is 1. The van der Waals surface area contributed by atoms with Gasteiger partial charge >= 0.3 is 0 Å². The number of nitrogens with one attached hydrogen (secondary N) is 1. The standard InChI is InChI=1S/C18H21NOS/c1-4-12-21-18-11-6-5-10-17(18)19-14(2)15-8-7-9-16(13-15)20-3/h4-11,13-14,19H,1,12H2,2-3H3. The molecule has 0 aromatic heterocycles. The maximum atomic E-state index is 5.29. The van der Waals surface area contributed by atoms with Crippen molar-refractivity contribution in [1.82, 2.24) is 0 Å². The van der Waals surface area contributed by atoms with Crippen LogP contribution >= 0.6 is 11.8 Å². The van der Waals surface area contributed by atoms with Crippen molar-refractivity contribution >= 4 is 17.4 Å². The fourth-order valence-electron chi connectivity index (χ4n) is 2.09. The van der Waals surface area contributed by atoms with Gasteiger partial charge in [-0.2, -0.15) is 0 Å². The van der Waals surface area contributed by atoms with E-state index in [0.717, 1.165) is 17.2 Å². The van der Waals surface area contributed by atoms with Crippen LogP contribution in [0.1, 0.15) is 18.5 Å². The highest BCUT2D eigenvalue weighted by molar-refractivity contribution is 7.99. The first-order valence-corrected chi connectivity index (χ1v) is 7.96. The van der Waals surface area contributed by atoms with Gasteiger partial charge in [-0.25, -0.2) is 0 Å². The summed E-state index contributed by atoms with van der Waals surface area (Å²) in [5.74, 6) is 1.79. The number of ether oxygens (including phenoxy) is 1. The number of para-hydroxylation sites is 1. The molecule has 0 aliphatic heterocycles. The van der Waals surface area contributed by atoms with E-state index in [0.29, 0.717) is 0 Å². The number of hydrogen-bond acceptors (Lipinski definition) is 3. The second-order valence-corrected chi connectivity index (χ2v) is 5.80. The molecule has 0 radical (unpaired) electrons. The quantitative estimate of drug-likeness (QED) is 0.564. The zero-order valence-electron chi connectivity index (χ0n) is 12.5. The van der Waals surface area contributed by atoms with Crippen LogP contribution in [0, 0.1) is 0 Å². The van der Waals surface area contributed by atoms with E-state index in [2.05, 4.69) is 55.2 Å². The Morgan fingerprint density at radius 2 is 2.05 bits per heavy atom. The van der Waals surface area contributed by atoms with Crippen molar-refractivity contribution in [2.75, 3.05) is 18.2 Å². The molecule has 2 aromatic rings. The lowest BCUT2D eigenvalue weighted by atomic mass is 10.1. The van der Waals surface area contributed by atoms with E-state index in [-0.39, 0.29) is 6.04 Å². The molecule has 2 nitrogen and oxygen atoms in total. The molecule has 0 saturated carbocycles. The molecule has 0 spiro atoms. The lowest BCUT2D eigenvalue weighted by Gasteiger charge is -2.18. The van der Waals surface area contributed by atoms with Crippen molar-refractivity contribution < 1.29 is 4.74 Å². The first-order chi connectivity index (χ1) is 10.2. The van der Waals surface area contributed by atoms with Crippen molar-refractivity contribution in [3.8, 4) is 5.75 Å². The zero-order valence-corrected chi connectivity index (χ0v) is 13.3. The highest BCUT2D eigenvalue weighted by atomic mass is 32.2. The Kier molecular flexibility index (Phi) is 5.76. The molecule has 1 atom stereocenters. The summed E-state index contributed by atoms with van der Waals surface area (Å²) in [6.45, 7) is 5.93. The van der Waals surface area contributed by atoms with Crippen LogP contribution in [-0.4, -0.2) is 12.9 Å². The number of anilines is 1. The molecule has 2 aromatic carbocycles. The molecule has 0 bridgehead atoms. The maximum absolute atomic E-state index is 5.29. The largest absolute Gasteiger partial charge is 0.497 e. The van der Waals surface area contributed by atoms with Gasteiger partial charge in [0.05, 0.1) is 7.11 Å². The summed E-state index contributed by atoms with van der Waals surface area (Å²) in [7, 11) is 1.69. The van der Waals surface area contributed by atoms with Crippen LogP contribution in [0.5, 0.6) is 5.75 Å². The summed E-state index contributed by atoms with van der Waals surface area (Å²) < 4.78 is 5.29. The molecule has 0 amide bonds. The Bertz CT molecular complexity index is 597. The van der Waals surface area contributed by atoms with Crippen LogP contribution in [0.3, 0.4) is 0 Å². The van der Waals surface area contributed by atoms with E-state index in [1.165, 1.54) is 10.5 Å². The molecular weight excluding hydrogens is 278 g/mol. The van der Waals surface area contributed by atoms with Crippen LogP contribution < -0.4 is 10.1 Å². The van der Waals surface area contributed by atoms with E-state index in [9.17, 15) is 0 Å². The predicted molar refractivity (Wildman–Crippen MR) is 92.4 cm³/mol. The average molecular weight is 299 g/mol. The van der Waals surface area contributed by atoms with Gasteiger partial charge in [0.15, 0.2) is 0 Å². The van der Waals surface area contributed by atoms with E-state index in [4.69, 9.17) is 4.74 Å². The molecule has 0 fully saturated rings. The smallest absolute Gasteiger partial charge is 0.119 e. The van der Waals surface area contributed by atoms with Gasteiger partial charge in [0.2, 0.25) is 0 Å². The topological polar surface area (TPSA) is 21.3 Å². The fourth-order valence-corrected chi connectivity index (χ4v) is 2.84. The van der Waals surface area contributed by atoms with Crippen LogP contribution in [0.15, 0.2) is 66.1 Å². The molecule has 110 valence electrons. The molecule has 3 heteroatoms. The van der Waals surface area contributed by atoms with Gasteiger partial charge in [-0.3, -0.25) is 0 Å². The van der Waals surface area contributed by atoms with Crippen molar-refractivity contribution in [3.05, 3.63) is 66.7 Å². The summed E-state index contributed by atoms with van der Waals surface area (Å²) in [4.78, 5) is 1.24.